The highest BCUT2D eigenvalue weighted by atomic mass is 19.2. The van der Waals surface area contributed by atoms with Crippen LogP contribution in [0.4, 0.5) is 13.2 Å². The van der Waals surface area contributed by atoms with Crippen LogP contribution in [0.2, 0.25) is 0 Å². The molecule has 3 heteroatoms. The van der Waals surface area contributed by atoms with E-state index in [1.54, 1.807) is 24.3 Å². The monoisotopic (exact) mass is 310 g/mol. The van der Waals surface area contributed by atoms with Gasteiger partial charge in [-0.05, 0) is 59.2 Å². The van der Waals surface area contributed by atoms with Crippen LogP contribution in [0.1, 0.15) is 23.6 Å². The van der Waals surface area contributed by atoms with Crippen molar-refractivity contribution in [3.05, 3.63) is 82.7 Å². The maximum absolute atomic E-state index is 13.9. The molecule has 0 fully saturated rings. The van der Waals surface area contributed by atoms with E-state index >= 15 is 0 Å². The number of aryl methyl sites for hydroxylation is 1. The van der Waals surface area contributed by atoms with Crippen LogP contribution in [0.5, 0.6) is 0 Å². The Hall–Kier alpha value is -2.73. The van der Waals surface area contributed by atoms with Gasteiger partial charge in [-0.15, -0.1) is 0 Å². The first kappa shape index (κ1) is 15.2. The first-order chi connectivity index (χ1) is 11.1. The van der Waals surface area contributed by atoms with Gasteiger partial charge >= 0.3 is 0 Å². The van der Waals surface area contributed by atoms with E-state index in [0.717, 1.165) is 24.1 Å². The van der Waals surface area contributed by atoms with Gasteiger partial charge in [0.2, 0.25) is 0 Å². The van der Waals surface area contributed by atoms with E-state index in [-0.39, 0.29) is 5.82 Å². The first-order valence-corrected chi connectivity index (χ1v) is 7.26. The molecule has 0 bridgehead atoms. The van der Waals surface area contributed by atoms with Crippen molar-refractivity contribution in [3.63, 3.8) is 0 Å². The smallest absolute Gasteiger partial charge is 0.159 e. The minimum atomic E-state index is -0.899. The van der Waals surface area contributed by atoms with E-state index in [2.05, 4.69) is 11.8 Å². The van der Waals surface area contributed by atoms with E-state index in [9.17, 15) is 13.2 Å². The summed E-state index contributed by atoms with van der Waals surface area (Å²) in [5.74, 6) is 3.50. The average molecular weight is 310 g/mol. The zero-order valence-electron chi connectivity index (χ0n) is 12.5. The molecular formula is C20H13F3. The fourth-order valence-corrected chi connectivity index (χ4v) is 2.34. The molecule has 0 N–H and O–H groups in total. The summed E-state index contributed by atoms with van der Waals surface area (Å²) >= 11 is 0. The summed E-state index contributed by atoms with van der Waals surface area (Å²) in [5.41, 5.74) is 1.84. The minimum absolute atomic E-state index is 0.313. The Morgan fingerprint density at radius 1 is 0.739 bits per heavy atom. The summed E-state index contributed by atoms with van der Waals surface area (Å²) in [6.45, 7) is 1.96. The quantitative estimate of drug-likeness (QED) is 0.541. The zero-order chi connectivity index (χ0) is 16.4. The summed E-state index contributed by atoms with van der Waals surface area (Å²) < 4.78 is 40.4. The number of rotatable bonds is 1. The van der Waals surface area contributed by atoms with Crippen molar-refractivity contribution in [1.29, 1.82) is 0 Å². The van der Waals surface area contributed by atoms with Crippen LogP contribution in [0.3, 0.4) is 0 Å². The van der Waals surface area contributed by atoms with Gasteiger partial charge in [-0.3, -0.25) is 0 Å². The lowest BCUT2D eigenvalue weighted by Crippen LogP contribution is -1.88. The molecule has 0 aliphatic heterocycles. The van der Waals surface area contributed by atoms with Gasteiger partial charge in [-0.1, -0.05) is 30.9 Å². The number of fused-ring (bicyclic) bond motifs is 1. The standard InChI is InChI=1S/C20H13F3/c1-2-13-3-6-15(18(21)10-13)7-4-14-5-8-16-11-19(22)20(23)12-17(16)9-14/h3,5-6,8-12H,2H2,1H3. The Kier molecular flexibility index (Phi) is 4.08. The number of hydrogen-bond acceptors (Lipinski definition) is 0. The van der Waals surface area contributed by atoms with Crippen molar-refractivity contribution in [2.45, 2.75) is 13.3 Å². The molecule has 0 spiro atoms. The molecule has 0 nitrogen and oxygen atoms in total. The zero-order valence-corrected chi connectivity index (χ0v) is 12.5. The second kappa shape index (κ2) is 6.18. The molecule has 0 aromatic heterocycles. The molecule has 0 atom stereocenters. The molecule has 0 saturated heterocycles. The largest absolute Gasteiger partial charge is 0.206 e. The molecule has 0 unspecified atom stereocenters. The molecule has 0 amide bonds. The molecule has 23 heavy (non-hydrogen) atoms. The number of hydrogen-bond donors (Lipinski definition) is 0. The van der Waals surface area contributed by atoms with E-state index in [1.807, 2.05) is 13.0 Å². The van der Waals surface area contributed by atoms with Crippen molar-refractivity contribution in [2.75, 3.05) is 0 Å². The molecule has 0 saturated carbocycles. The molecule has 3 rings (SSSR count). The molecular weight excluding hydrogens is 297 g/mol. The second-order valence-electron chi connectivity index (χ2n) is 5.25. The van der Waals surface area contributed by atoms with Gasteiger partial charge in [0.25, 0.3) is 0 Å². The van der Waals surface area contributed by atoms with Crippen LogP contribution < -0.4 is 0 Å². The predicted octanol–water partition coefficient (Wildman–Crippen LogP) is 5.22. The van der Waals surface area contributed by atoms with E-state index < -0.39 is 11.6 Å². The Balaban J connectivity index is 1.98. The topological polar surface area (TPSA) is 0 Å². The van der Waals surface area contributed by atoms with Crippen molar-refractivity contribution < 1.29 is 13.2 Å². The summed E-state index contributed by atoms with van der Waals surface area (Å²) in [6, 6.07) is 12.3. The van der Waals surface area contributed by atoms with Gasteiger partial charge in [0.05, 0.1) is 5.56 Å². The molecule has 0 aliphatic rings. The van der Waals surface area contributed by atoms with Gasteiger partial charge < -0.3 is 0 Å². The van der Waals surface area contributed by atoms with E-state index in [1.165, 1.54) is 6.07 Å². The third-order valence-electron chi connectivity index (χ3n) is 3.66. The summed E-state index contributed by atoms with van der Waals surface area (Å²) in [6.07, 6.45) is 0.761. The maximum Gasteiger partial charge on any atom is 0.159 e. The van der Waals surface area contributed by atoms with Gasteiger partial charge in [-0.2, -0.15) is 0 Å². The van der Waals surface area contributed by atoms with Gasteiger partial charge in [0.15, 0.2) is 11.6 Å². The lowest BCUT2D eigenvalue weighted by molar-refractivity contribution is 0.511. The second-order valence-corrected chi connectivity index (χ2v) is 5.25. The minimum Gasteiger partial charge on any atom is -0.206 e. The van der Waals surface area contributed by atoms with Crippen LogP contribution in [-0.2, 0) is 6.42 Å². The van der Waals surface area contributed by atoms with E-state index in [4.69, 9.17) is 0 Å². The summed E-state index contributed by atoms with van der Waals surface area (Å²) in [4.78, 5) is 0. The Morgan fingerprint density at radius 3 is 2.17 bits per heavy atom. The highest BCUT2D eigenvalue weighted by Crippen LogP contribution is 2.20. The van der Waals surface area contributed by atoms with Crippen LogP contribution in [0, 0.1) is 29.3 Å². The number of halogens is 3. The lowest BCUT2D eigenvalue weighted by Gasteiger charge is -2.01. The molecule has 114 valence electrons. The van der Waals surface area contributed by atoms with Crippen LogP contribution >= 0.6 is 0 Å². The molecule has 0 heterocycles. The first-order valence-electron chi connectivity index (χ1n) is 7.26. The Morgan fingerprint density at radius 2 is 1.48 bits per heavy atom. The SMILES string of the molecule is CCc1ccc(C#Cc2ccc3cc(F)c(F)cc3c2)c(F)c1. The van der Waals surface area contributed by atoms with Crippen LogP contribution in [-0.4, -0.2) is 0 Å². The normalized spacial score (nSPS) is 10.4. The van der Waals surface area contributed by atoms with Crippen molar-refractivity contribution in [1.82, 2.24) is 0 Å². The Bertz CT molecular complexity index is 946. The van der Waals surface area contributed by atoms with Crippen molar-refractivity contribution in [3.8, 4) is 11.8 Å². The van der Waals surface area contributed by atoms with Crippen molar-refractivity contribution >= 4 is 10.8 Å². The third-order valence-corrected chi connectivity index (χ3v) is 3.66. The van der Waals surface area contributed by atoms with Crippen LogP contribution in [0.15, 0.2) is 48.5 Å². The highest BCUT2D eigenvalue weighted by molar-refractivity contribution is 5.84. The Labute approximate surface area is 132 Å². The maximum atomic E-state index is 13.9. The predicted molar refractivity (Wildman–Crippen MR) is 85.6 cm³/mol. The third kappa shape index (κ3) is 3.22. The number of benzene rings is 3. The summed E-state index contributed by atoms with van der Waals surface area (Å²) in [5, 5.41) is 1.14. The van der Waals surface area contributed by atoms with Gasteiger partial charge in [-0.25, -0.2) is 13.2 Å². The van der Waals surface area contributed by atoms with Gasteiger partial charge in [0, 0.05) is 5.56 Å². The molecule has 3 aromatic carbocycles. The average Bonchev–Trinajstić information content (AvgIpc) is 2.54. The van der Waals surface area contributed by atoms with Gasteiger partial charge in [0.1, 0.15) is 5.82 Å². The van der Waals surface area contributed by atoms with Crippen LogP contribution in [0.25, 0.3) is 10.8 Å². The molecule has 0 radical (unpaired) electrons. The van der Waals surface area contributed by atoms with Crippen molar-refractivity contribution in [2.24, 2.45) is 0 Å². The van der Waals surface area contributed by atoms with E-state index in [0.29, 0.717) is 21.9 Å². The fourth-order valence-electron chi connectivity index (χ4n) is 2.34. The lowest BCUT2D eigenvalue weighted by atomic mass is 10.1. The summed E-state index contributed by atoms with van der Waals surface area (Å²) in [7, 11) is 0. The highest BCUT2D eigenvalue weighted by Gasteiger charge is 2.04. The molecule has 3 aromatic rings. The fraction of sp³-hybridized carbons (Fsp3) is 0.100. The molecule has 0 aliphatic carbocycles.